The molecule has 0 saturated carbocycles. The van der Waals surface area contributed by atoms with Crippen LogP contribution in [0.4, 0.5) is 5.69 Å². The molecule has 0 radical (unpaired) electrons. The highest BCUT2D eigenvalue weighted by molar-refractivity contribution is 5.91. The molecule has 0 aliphatic carbocycles. The Morgan fingerprint density at radius 2 is 2.07 bits per heavy atom. The summed E-state index contributed by atoms with van der Waals surface area (Å²) in [6.07, 6.45) is 0. The van der Waals surface area contributed by atoms with E-state index in [2.05, 4.69) is 5.32 Å². The van der Waals surface area contributed by atoms with Crippen LogP contribution in [0.2, 0.25) is 0 Å². The molecule has 76 valence electrons. The van der Waals surface area contributed by atoms with Crippen molar-refractivity contribution in [3.63, 3.8) is 0 Å². The summed E-state index contributed by atoms with van der Waals surface area (Å²) in [6, 6.07) is 4.65. The van der Waals surface area contributed by atoms with E-state index in [-0.39, 0.29) is 17.4 Å². The number of carbonyl (C=O) groups is 1. The van der Waals surface area contributed by atoms with Gasteiger partial charge in [-0.3, -0.25) is 0 Å². The molecule has 0 fully saturated rings. The van der Waals surface area contributed by atoms with Crippen LogP contribution >= 0.6 is 0 Å². The average molecular weight is 195 g/mol. The van der Waals surface area contributed by atoms with Crippen molar-refractivity contribution >= 4 is 11.7 Å². The molecule has 1 aromatic rings. The fourth-order valence-corrected chi connectivity index (χ4v) is 1.14. The van der Waals surface area contributed by atoms with Gasteiger partial charge in [0.2, 0.25) is 0 Å². The lowest BCUT2D eigenvalue weighted by molar-refractivity contribution is 0.0694. The summed E-state index contributed by atoms with van der Waals surface area (Å²) < 4.78 is 0. The number of hydrogen-bond acceptors (Lipinski definition) is 3. The summed E-state index contributed by atoms with van der Waals surface area (Å²) in [4.78, 5) is 10.6. The molecule has 0 amide bonds. The number of aromatic hydroxyl groups is 1. The second kappa shape index (κ2) is 4.00. The van der Waals surface area contributed by atoms with Crippen molar-refractivity contribution in [3.8, 4) is 5.75 Å². The van der Waals surface area contributed by atoms with E-state index in [0.29, 0.717) is 5.69 Å². The molecule has 3 N–H and O–H groups in total. The maximum Gasteiger partial charge on any atom is 0.339 e. The standard InChI is InChI=1S/C10H13NO3/c1-6(2)11-7-3-4-8(10(13)14)9(12)5-7/h3-6,11-12H,1-2H3,(H,13,14). The van der Waals surface area contributed by atoms with Crippen LogP contribution in [0.15, 0.2) is 18.2 Å². The van der Waals surface area contributed by atoms with Crippen molar-refractivity contribution < 1.29 is 15.0 Å². The molecule has 0 aliphatic heterocycles. The van der Waals surface area contributed by atoms with Crippen molar-refractivity contribution in [2.45, 2.75) is 19.9 Å². The minimum Gasteiger partial charge on any atom is -0.507 e. The van der Waals surface area contributed by atoms with Crippen LogP contribution < -0.4 is 5.32 Å². The van der Waals surface area contributed by atoms with Crippen LogP contribution in [0.5, 0.6) is 5.75 Å². The van der Waals surface area contributed by atoms with Gasteiger partial charge >= 0.3 is 5.97 Å². The second-order valence-electron chi connectivity index (χ2n) is 3.34. The van der Waals surface area contributed by atoms with Crippen LogP contribution in [0.25, 0.3) is 0 Å². The third-order valence-electron chi connectivity index (χ3n) is 1.68. The molecule has 0 spiro atoms. The predicted molar refractivity (Wildman–Crippen MR) is 53.8 cm³/mol. The molecule has 0 unspecified atom stereocenters. The third kappa shape index (κ3) is 2.39. The number of carboxylic acids is 1. The molecule has 0 heterocycles. The van der Waals surface area contributed by atoms with Gasteiger partial charge in [-0.1, -0.05) is 0 Å². The fourth-order valence-electron chi connectivity index (χ4n) is 1.14. The van der Waals surface area contributed by atoms with Gasteiger partial charge in [0.1, 0.15) is 11.3 Å². The highest BCUT2D eigenvalue weighted by atomic mass is 16.4. The number of phenols is 1. The van der Waals surface area contributed by atoms with Crippen LogP contribution in [-0.2, 0) is 0 Å². The van der Waals surface area contributed by atoms with Crippen molar-refractivity contribution in [2.24, 2.45) is 0 Å². The Morgan fingerprint density at radius 1 is 1.43 bits per heavy atom. The van der Waals surface area contributed by atoms with E-state index < -0.39 is 5.97 Å². The van der Waals surface area contributed by atoms with Crippen molar-refractivity contribution in [2.75, 3.05) is 5.32 Å². The largest absolute Gasteiger partial charge is 0.507 e. The minimum atomic E-state index is -1.13. The smallest absolute Gasteiger partial charge is 0.339 e. The number of aromatic carboxylic acids is 1. The Balaban J connectivity index is 2.94. The average Bonchev–Trinajstić information content (AvgIpc) is 2.01. The van der Waals surface area contributed by atoms with Gasteiger partial charge in [0.25, 0.3) is 0 Å². The molecule has 14 heavy (non-hydrogen) atoms. The Morgan fingerprint density at radius 3 is 2.50 bits per heavy atom. The number of rotatable bonds is 3. The van der Waals surface area contributed by atoms with Crippen molar-refractivity contribution in [1.82, 2.24) is 0 Å². The maximum absolute atomic E-state index is 10.6. The lowest BCUT2D eigenvalue weighted by Gasteiger charge is -2.10. The molecule has 4 nitrogen and oxygen atoms in total. The number of benzene rings is 1. The van der Waals surface area contributed by atoms with Crippen molar-refractivity contribution in [3.05, 3.63) is 23.8 Å². The summed E-state index contributed by atoms with van der Waals surface area (Å²) in [6.45, 7) is 3.92. The molecule has 0 aliphatic rings. The van der Waals surface area contributed by atoms with Crippen LogP contribution in [0.1, 0.15) is 24.2 Å². The quantitative estimate of drug-likeness (QED) is 0.689. The van der Waals surface area contributed by atoms with Gasteiger partial charge in [-0.05, 0) is 26.0 Å². The molecule has 0 atom stereocenters. The predicted octanol–water partition coefficient (Wildman–Crippen LogP) is 1.91. The van der Waals surface area contributed by atoms with Gasteiger partial charge in [0, 0.05) is 17.8 Å². The maximum atomic E-state index is 10.6. The first-order valence-corrected chi connectivity index (χ1v) is 4.33. The first kappa shape index (κ1) is 10.4. The minimum absolute atomic E-state index is 0.0840. The molecule has 1 aromatic carbocycles. The van der Waals surface area contributed by atoms with Gasteiger partial charge in [-0.15, -0.1) is 0 Å². The normalized spacial score (nSPS) is 10.2. The number of nitrogens with one attached hydrogen (secondary N) is 1. The van der Waals surface area contributed by atoms with E-state index in [4.69, 9.17) is 5.11 Å². The first-order valence-electron chi connectivity index (χ1n) is 4.33. The second-order valence-corrected chi connectivity index (χ2v) is 3.34. The van der Waals surface area contributed by atoms with Crippen LogP contribution in [0.3, 0.4) is 0 Å². The van der Waals surface area contributed by atoms with Gasteiger partial charge in [-0.2, -0.15) is 0 Å². The van der Waals surface area contributed by atoms with E-state index in [9.17, 15) is 9.90 Å². The van der Waals surface area contributed by atoms with E-state index in [1.165, 1.54) is 12.1 Å². The zero-order valence-corrected chi connectivity index (χ0v) is 8.11. The van der Waals surface area contributed by atoms with Gasteiger partial charge in [-0.25, -0.2) is 4.79 Å². The summed E-state index contributed by atoms with van der Waals surface area (Å²) >= 11 is 0. The van der Waals surface area contributed by atoms with E-state index in [1.807, 2.05) is 13.8 Å². The summed E-state index contributed by atoms with van der Waals surface area (Å²) in [5.74, 6) is -1.35. The van der Waals surface area contributed by atoms with Crippen LogP contribution in [0, 0.1) is 0 Å². The molecular formula is C10H13NO3. The molecular weight excluding hydrogens is 182 g/mol. The fraction of sp³-hybridized carbons (Fsp3) is 0.300. The Kier molecular flexibility index (Phi) is 2.96. The summed E-state index contributed by atoms with van der Waals surface area (Å²) in [7, 11) is 0. The van der Waals surface area contributed by atoms with E-state index >= 15 is 0 Å². The van der Waals surface area contributed by atoms with E-state index in [0.717, 1.165) is 0 Å². The summed E-state index contributed by atoms with van der Waals surface area (Å²) in [5, 5.41) is 21.1. The lowest BCUT2D eigenvalue weighted by Crippen LogP contribution is -2.09. The molecule has 1 rings (SSSR count). The molecule has 0 saturated heterocycles. The Bertz CT molecular complexity index is 347. The highest BCUT2D eigenvalue weighted by Crippen LogP contribution is 2.22. The topological polar surface area (TPSA) is 69.6 Å². The van der Waals surface area contributed by atoms with Gasteiger partial charge in [0.15, 0.2) is 0 Å². The van der Waals surface area contributed by atoms with Crippen molar-refractivity contribution in [1.29, 1.82) is 0 Å². The molecule has 0 aromatic heterocycles. The number of carboxylic acid groups (broad SMARTS) is 1. The van der Waals surface area contributed by atoms with E-state index in [1.54, 1.807) is 6.07 Å². The Labute approximate surface area is 82.2 Å². The lowest BCUT2D eigenvalue weighted by atomic mass is 10.2. The Hall–Kier alpha value is -1.71. The zero-order valence-electron chi connectivity index (χ0n) is 8.11. The summed E-state index contributed by atoms with van der Waals surface area (Å²) in [5.41, 5.74) is 0.627. The van der Waals surface area contributed by atoms with Gasteiger partial charge in [0.05, 0.1) is 0 Å². The number of hydrogen-bond donors (Lipinski definition) is 3. The monoisotopic (exact) mass is 195 g/mol. The first-order chi connectivity index (χ1) is 6.50. The number of anilines is 1. The highest BCUT2D eigenvalue weighted by Gasteiger charge is 2.09. The zero-order chi connectivity index (χ0) is 10.7. The van der Waals surface area contributed by atoms with Gasteiger partial charge < -0.3 is 15.5 Å². The van der Waals surface area contributed by atoms with Crippen LogP contribution in [-0.4, -0.2) is 22.2 Å². The third-order valence-corrected chi connectivity index (χ3v) is 1.68. The molecule has 0 bridgehead atoms. The SMILES string of the molecule is CC(C)Nc1ccc(C(=O)O)c(O)c1. The molecule has 4 heteroatoms.